The van der Waals surface area contributed by atoms with Crippen LogP contribution in [0.25, 0.3) is 5.69 Å². The molecule has 0 spiro atoms. The van der Waals surface area contributed by atoms with Crippen molar-refractivity contribution in [2.75, 3.05) is 12.8 Å². The molecule has 0 atom stereocenters. The maximum atomic E-state index is 11.7. The van der Waals surface area contributed by atoms with Gasteiger partial charge in [-0.3, -0.25) is 4.79 Å². The van der Waals surface area contributed by atoms with Crippen LogP contribution in [0.4, 0.5) is 5.69 Å². The van der Waals surface area contributed by atoms with Gasteiger partial charge in [-0.05, 0) is 18.2 Å². The van der Waals surface area contributed by atoms with Gasteiger partial charge in [0.25, 0.3) is 5.56 Å². The highest BCUT2D eigenvalue weighted by atomic mass is 35.5. The van der Waals surface area contributed by atoms with E-state index in [1.807, 2.05) is 0 Å². The SMILES string of the molecule is COc1ccc(Cl)cc1-n1ncc(N)cc1=O. The molecule has 5 nitrogen and oxygen atoms in total. The first-order chi connectivity index (χ1) is 8.11. The second-order valence-electron chi connectivity index (χ2n) is 3.36. The van der Waals surface area contributed by atoms with Crippen molar-refractivity contribution in [3.05, 3.63) is 45.8 Å². The summed E-state index contributed by atoms with van der Waals surface area (Å²) in [7, 11) is 1.51. The molecule has 0 saturated carbocycles. The van der Waals surface area contributed by atoms with Gasteiger partial charge in [0.1, 0.15) is 11.4 Å². The molecule has 0 amide bonds. The molecule has 0 bridgehead atoms. The number of aromatic nitrogens is 2. The van der Waals surface area contributed by atoms with Gasteiger partial charge in [0.2, 0.25) is 0 Å². The molecule has 0 radical (unpaired) electrons. The molecular weight excluding hydrogens is 242 g/mol. The highest BCUT2D eigenvalue weighted by Crippen LogP contribution is 2.24. The summed E-state index contributed by atoms with van der Waals surface area (Å²) in [6.45, 7) is 0. The van der Waals surface area contributed by atoms with Crippen molar-refractivity contribution in [2.24, 2.45) is 0 Å². The van der Waals surface area contributed by atoms with Crippen LogP contribution in [0, 0.1) is 0 Å². The number of ether oxygens (including phenoxy) is 1. The molecule has 1 aromatic heterocycles. The van der Waals surface area contributed by atoms with E-state index in [1.54, 1.807) is 18.2 Å². The Morgan fingerprint density at radius 2 is 2.18 bits per heavy atom. The average molecular weight is 252 g/mol. The minimum Gasteiger partial charge on any atom is -0.494 e. The Labute approximate surface area is 102 Å². The van der Waals surface area contributed by atoms with Crippen LogP contribution in [-0.2, 0) is 0 Å². The molecule has 0 saturated heterocycles. The van der Waals surface area contributed by atoms with Crippen LogP contribution in [0.5, 0.6) is 5.75 Å². The van der Waals surface area contributed by atoms with Crippen molar-refractivity contribution >= 4 is 17.3 Å². The van der Waals surface area contributed by atoms with Gasteiger partial charge in [-0.15, -0.1) is 0 Å². The van der Waals surface area contributed by atoms with Crippen LogP contribution >= 0.6 is 11.6 Å². The fourth-order valence-corrected chi connectivity index (χ4v) is 1.60. The summed E-state index contributed by atoms with van der Waals surface area (Å²) in [5.41, 5.74) is 5.92. The number of nitrogens with two attached hydrogens (primary N) is 1. The van der Waals surface area contributed by atoms with Crippen LogP contribution in [0.2, 0.25) is 5.02 Å². The second kappa shape index (κ2) is 4.47. The zero-order valence-corrected chi connectivity index (χ0v) is 9.81. The summed E-state index contributed by atoms with van der Waals surface area (Å²) in [6, 6.07) is 6.23. The monoisotopic (exact) mass is 251 g/mol. The third-order valence-electron chi connectivity index (χ3n) is 2.19. The average Bonchev–Trinajstić information content (AvgIpc) is 2.29. The van der Waals surface area contributed by atoms with Crippen molar-refractivity contribution in [3.63, 3.8) is 0 Å². The number of rotatable bonds is 2. The molecule has 2 aromatic rings. The van der Waals surface area contributed by atoms with E-state index in [0.717, 1.165) is 0 Å². The van der Waals surface area contributed by atoms with E-state index >= 15 is 0 Å². The summed E-state index contributed by atoms with van der Waals surface area (Å²) in [4.78, 5) is 11.7. The lowest BCUT2D eigenvalue weighted by molar-refractivity contribution is 0.411. The molecular formula is C11H10ClN3O2. The molecule has 17 heavy (non-hydrogen) atoms. The van der Waals surface area contributed by atoms with Crippen LogP contribution in [0.3, 0.4) is 0 Å². The topological polar surface area (TPSA) is 70.1 Å². The quantitative estimate of drug-likeness (QED) is 0.878. The Kier molecular flexibility index (Phi) is 3.01. The molecule has 0 aliphatic heterocycles. The molecule has 0 fully saturated rings. The number of anilines is 1. The third-order valence-corrected chi connectivity index (χ3v) is 2.43. The lowest BCUT2D eigenvalue weighted by Gasteiger charge is -2.09. The predicted octanol–water partition coefficient (Wildman–Crippen LogP) is 1.48. The summed E-state index contributed by atoms with van der Waals surface area (Å²) in [5.74, 6) is 0.508. The Morgan fingerprint density at radius 1 is 1.41 bits per heavy atom. The molecule has 88 valence electrons. The molecule has 1 aromatic carbocycles. The van der Waals surface area contributed by atoms with E-state index < -0.39 is 0 Å². The van der Waals surface area contributed by atoms with E-state index in [4.69, 9.17) is 22.1 Å². The number of halogens is 1. The maximum Gasteiger partial charge on any atom is 0.273 e. The minimum absolute atomic E-state index is 0.312. The van der Waals surface area contributed by atoms with Crippen molar-refractivity contribution in [1.29, 1.82) is 0 Å². The molecule has 6 heteroatoms. The summed E-state index contributed by atoms with van der Waals surface area (Å²) < 4.78 is 6.33. The molecule has 0 aliphatic carbocycles. The van der Waals surface area contributed by atoms with Crippen LogP contribution in [-0.4, -0.2) is 16.9 Å². The molecule has 1 heterocycles. The Bertz CT molecular complexity index is 610. The number of nitrogens with zero attached hydrogens (tertiary/aromatic N) is 2. The van der Waals surface area contributed by atoms with Gasteiger partial charge in [0, 0.05) is 11.1 Å². The molecule has 2 N–H and O–H groups in total. The standard InChI is InChI=1S/C11H10ClN3O2/c1-17-10-3-2-7(12)4-9(10)15-11(16)5-8(13)6-14-15/h2-6H,13H2,1H3. The Balaban J connectivity index is 2.67. The summed E-state index contributed by atoms with van der Waals surface area (Å²) in [6.07, 6.45) is 1.39. The smallest absolute Gasteiger partial charge is 0.273 e. The highest BCUT2D eigenvalue weighted by Gasteiger charge is 2.09. The first-order valence-corrected chi connectivity index (χ1v) is 5.18. The van der Waals surface area contributed by atoms with Gasteiger partial charge in [-0.25, -0.2) is 0 Å². The van der Waals surface area contributed by atoms with E-state index in [2.05, 4.69) is 5.10 Å². The zero-order valence-electron chi connectivity index (χ0n) is 9.05. The van der Waals surface area contributed by atoms with Crippen molar-refractivity contribution in [1.82, 2.24) is 9.78 Å². The van der Waals surface area contributed by atoms with Gasteiger partial charge < -0.3 is 10.5 Å². The normalized spacial score (nSPS) is 10.2. The van der Waals surface area contributed by atoms with E-state index in [1.165, 1.54) is 24.1 Å². The summed E-state index contributed by atoms with van der Waals surface area (Å²) in [5, 5.41) is 4.43. The largest absolute Gasteiger partial charge is 0.494 e. The fraction of sp³-hybridized carbons (Fsp3) is 0.0909. The van der Waals surface area contributed by atoms with Crippen molar-refractivity contribution in [2.45, 2.75) is 0 Å². The van der Waals surface area contributed by atoms with Gasteiger partial charge in [0.05, 0.1) is 19.0 Å². The van der Waals surface area contributed by atoms with Crippen molar-refractivity contribution < 1.29 is 4.74 Å². The van der Waals surface area contributed by atoms with Crippen LogP contribution in [0.15, 0.2) is 35.3 Å². The highest BCUT2D eigenvalue weighted by molar-refractivity contribution is 6.30. The number of benzene rings is 1. The van der Waals surface area contributed by atoms with E-state index in [9.17, 15) is 4.79 Å². The van der Waals surface area contributed by atoms with Crippen molar-refractivity contribution in [3.8, 4) is 11.4 Å². The lowest BCUT2D eigenvalue weighted by atomic mass is 10.3. The number of hydrogen-bond acceptors (Lipinski definition) is 4. The van der Waals surface area contributed by atoms with Gasteiger partial charge >= 0.3 is 0 Å². The lowest BCUT2D eigenvalue weighted by Crippen LogP contribution is -2.21. The first kappa shape index (κ1) is 11.5. The number of methoxy groups -OCH3 is 1. The predicted molar refractivity (Wildman–Crippen MR) is 65.8 cm³/mol. The fourth-order valence-electron chi connectivity index (χ4n) is 1.43. The number of nitrogen functional groups attached to an aromatic ring is 1. The number of hydrogen-bond donors (Lipinski definition) is 1. The summed E-state index contributed by atoms with van der Waals surface area (Å²) >= 11 is 5.88. The van der Waals surface area contributed by atoms with Crippen LogP contribution < -0.4 is 16.0 Å². The second-order valence-corrected chi connectivity index (χ2v) is 3.79. The molecule has 0 aliphatic rings. The molecule has 2 rings (SSSR count). The van der Waals surface area contributed by atoms with E-state index in [0.29, 0.717) is 22.1 Å². The van der Waals surface area contributed by atoms with Gasteiger partial charge in [-0.2, -0.15) is 9.78 Å². The maximum absolute atomic E-state index is 11.7. The molecule has 0 unspecified atom stereocenters. The third kappa shape index (κ3) is 2.24. The van der Waals surface area contributed by atoms with Gasteiger partial charge in [0.15, 0.2) is 0 Å². The Hall–Kier alpha value is -2.01. The Morgan fingerprint density at radius 3 is 2.82 bits per heavy atom. The van der Waals surface area contributed by atoms with Gasteiger partial charge in [-0.1, -0.05) is 11.6 Å². The minimum atomic E-state index is -0.342. The van der Waals surface area contributed by atoms with Crippen LogP contribution in [0.1, 0.15) is 0 Å². The van der Waals surface area contributed by atoms with E-state index in [-0.39, 0.29) is 5.56 Å². The zero-order chi connectivity index (χ0) is 12.4. The first-order valence-electron chi connectivity index (χ1n) is 4.80.